The molecule has 9 heteroatoms. The predicted octanol–water partition coefficient (Wildman–Crippen LogP) is 6.62. The number of methoxy groups -OCH3 is 1. The second-order valence-electron chi connectivity index (χ2n) is 9.82. The van der Waals surface area contributed by atoms with Gasteiger partial charge in [0.1, 0.15) is 29.5 Å². The summed E-state index contributed by atoms with van der Waals surface area (Å²) in [4.78, 5) is 13.3. The van der Waals surface area contributed by atoms with Gasteiger partial charge >= 0.3 is 5.97 Å². The fraction of sp³-hybridized carbons (Fsp3) is 0.516. The largest absolute Gasteiger partial charge is 0.497 e. The van der Waals surface area contributed by atoms with Crippen LogP contribution in [-0.2, 0) is 34.8 Å². The highest BCUT2D eigenvalue weighted by Gasteiger charge is 2.51. The lowest BCUT2D eigenvalue weighted by atomic mass is 9.99. The third-order valence-electron chi connectivity index (χ3n) is 7.32. The highest BCUT2D eigenvalue weighted by Crippen LogP contribution is 2.39. The van der Waals surface area contributed by atoms with E-state index in [0.717, 1.165) is 34.3 Å². The molecule has 0 amide bonds. The Morgan fingerprint density at radius 1 is 1.00 bits per heavy atom. The lowest BCUT2D eigenvalue weighted by Gasteiger charge is -2.48. The van der Waals surface area contributed by atoms with E-state index in [1.165, 1.54) is 18.7 Å². The van der Waals surface area contributed by atoms with Gasteiger partial charge in [-0.05, 0) is 48.0 Å². The molecule has 7 nitrogen and oxygen atoms in total. The Balaban J connectivity index is 1.96. The first-order valence-electron chi connectivity index (χ1n) is 14.0. The van der Waals surface area contributed by atoms with Crippen molar-refractivity contribution in [1.29, 1.82) is 0 Å². The third kappa shape index (κ3) is 8.93. The van der Waals surface area contributed by atoms with Crippen LogP contribution in [0.2, 0.25) is 18.1 Å². The van der Waals surface area contributed by atoms with Crippen molar-refractivity contribution in [1.82, 2.24) is 0 Å². The summed E-state index contributed by atoms with van der Waals surface area (Å²) in [6.45, 7) is 12.9. The van der Waals surface area contributed by atoms with Gasteiger partial charge < -0.3 is 28.1 Å². The summed E-state index contributed by atoms with van der Waals surface area (Å²) in [5.74, 6) is 0.363. The van der Waals surface area contributed by atoms with E-state index in [1.54, 1.807) is 13.2 Å². The lowest BCUT2D eigenvalue weighted by Crippen LogP contribution is -2.63. The molecule has 0 spiro atoms. The predicted molar refractivity (Wildman–Crippen MR) is 161 cm³/mol. The van der Waals surface area contributed by atoms with Crippen molar-refractivity contribution in [2.75, 3.05) is 20.3 Å². The lowest BCUT2D eigenvalue weighted by molar-refractivity contribution is -0.227. The summed E-state index contributed by atoms with van der Waals surface area (Å²) < 4.78 is 37.6. The van der Waals surface area contributed by atoms with E-state index in [9.17, 15) is 4.79 Å². The molecular weight excluding hydrogens is 544 g/mol. The van der Waals surface area contributed by atoms with Gasteiger partial charge in [-0.15, -0.1) is 6.58 Å². The van der Waals surface area contributed by atoms with Crippen LogP contribution in [0.3, 0.4) is 0 Å². The zero-order valence-corrected chi connectivity index (χ0v) is 26.2. The van der Waals surface area contributed by atoms with Crippen molar-refractivity contribution in [2.24, 2.45) is 0 Å². The second-order valence-corrected chi connectivity index (χ2v) is 15.7. The summed E-state index contributed by atoms with van der Waals surface area (Å²) in [5.41, 5.74) is 0.537. The molecular formula is C31H44O7SSi. The zero-order chi connectivity index (χ0) is 29.0. The Morgan fingerprint density at radius 2 is 1.68 bits per heavy atom. The number of carbonyl (C=O) groups excluding carboxylic acids is 1. The molecule has 1 aliphatic rings. The Labute approximate surface area is 244 Å². The van der Waals surface area contributed by atoms with Gasteiger partial charge in [-0.1, -0.05) is 68.9 Å². The van der Waals surface area contributed by atoms with E-state index in [4.69, 9.17) is 28.1 Å². The van der Waals surface area contributed by atoms with Crippen molar-refractivity contribution in [3.63, 3.8) is 0 Å². The van der Waals surface area contributed by atoms with E-state index in [2.05, 4.69) is 27.4 Å². The van der Waals surface area contributed by atoms with Gasteiger partial charge in [-0.3, -0.25) is 4.79 Å². The Kier molecular flexibility index (Phi) is 13.2. The summed E-state index contributed by atoms with van der Waals surface area (Å²) >= 11 is 1.48. The van der Waals surface area contributed by atoms with Crippen LogP contribution < -0.4 is 4.74 Å². The quantitative estimate of drug-likeness (QED) is 0.123. The number of rotatable bonds is 16. The monoisotopic (exact) mass is 588 g/mol. The maximum Gasteiger partial charge on any atom is 0.303 e. The molecule has 0 unspecified atom stereocenters. The molecule has 0 saturated carbocycles. The molecule has 2 aromatic carbocycles. The van der Waals surface area contributed by atoms with E-state index < -0.39 is 44.1 Å². The standard InChI is InChI=1S/C31H44O7SSi/c1-7-20-35-29-28(38-40(8-2,9-3)10-4)27(22-34-21-24-14-12-11-13-15-24)37-31(30(29)36-23(5)32)39-26-18-16-25(33-6)17-19-26/h7,11-19,27-31H,1,8-10,20-22H2,2-6H3/t27-,28-,29+,30-,31+/m1/s1. The highest BCUT2D eigenvalue weighted by molar-refractivity contribution is 7.99. The van der Waals surface area contributed by atoms with E-state index in [0.29, 0.717) is 19.8 Å². The number of hydrogen-bond acceptors (Lipinski definition) is 8. The summed E-state index contributed by atoms with van der Waals surface area (Å²) in [6.07, 6.45) is -0.462. The molecule has 1 saturated heterocycles. The summed E-state index contributed by atoms with van der Waals surface area (Å²) in [7, 11) is -0.474. The van der Waals surface area contributed by atoms with Crippen LogP contribution in [0.1, 0.15) is 33.3 Å². The first kappa shape index (κ1) is 32.4. The fourth-order valence-corrected chi connectivity index (χ4v) is 8.85. The molecule has 0 aliphatic carbocycles. The molecule has 5 atom stereocenters. The molecule has 1 heterocycles. The van der Waals surface area contributed by atoms with Gasteiger partial charge in [-0.2, -0.15) is 0 Å². The van der Waals surface area contributed by atoms with Crippen molar-refractivity contribution >= 4 is 26.0 Å². The molecule has 0 aromatic heterocycles. The van der Waals surface area contributed by atoms with E-state index in [-0.39, 0.29) is 0 Å². The number of hydrogen-bond donors (Lipinski definition) is 0. The van der Waals surface area contributed by atoms with Crippen LogP contribution in [0.25, 0.3) is 0 Å². The van der Waals surface area contributed by atoms with E-state index in [1.807, 2.05) is 54.6 Å². The number of ether oxygens (including phenoxy) is 5. The molecule has 1 aliphatic heterocycles. The molecule has 2 aromatic rings. The molecule has 40 heavy (non-hydrogen) atoms. The molecule has 0 radical (unpaired) electrons. The van der Waals surface area contributed by atoms with Gasteiger partial charge in [0, 0.05) is 11.8 Å². The van der Waals surface area contributed by atoms with E-state index >= 15 is 0 Å². The Morgan fingerprint density at radius 3 is 2.25 bits per heavy atom. The van der Waals surface area contributed by atoms with Gasteiger partial charge in [0.25, 0.3) is 0 Å². The van der Waals surface area contributed by atoms with Crippen molar-refractivity contribution in [2.45, 2.75) is 87.2 Å². The normalized spacial score (nSPS) is 23.0. The molecule has 0 N–H and O–H groups in total. The first-order chi connectivity index (χ1) is 19.4. The number of benzene rings is 2. The first-order valence-corrected chi connectivity index (χ1v) is 17.4. The van der Waals surface area contributed by atoms with Crippen molar-refractivity contribution in [3.05, 3.63) is 72.8 Å². The van der Waals surface area contributed by atoms with Gasteiger partial charge in [0.05, 0.1) is 26.9 Å². The van der Waals surface area contributed by atoms with Crippen LogP contribution in [0.4, 0.5) is 0 Å². The van der Waals surface area contributed by atoms with Gasteiger partial charge in [-0.25, -0.2) is 0 Å². The minimum Gasteiger partial charge on any atom is -0.497 e. The average Bonchev–Trinajstić information content (AvgIpc) is 2.98. The number of esters is 1. The highest BCUT2D eigenvalue weighted by atomic mass is 32.2. The maximum atomic E-state index is 12.3. The second kappa shape index (κ2) is 16.3. The maximum absolute atomic E-state index is 12.3. The third-order valence-corrected chi connectivity index (χ3v) is 13.1. The van der Waals surface area contributed by atoms with Crippen LogP contribution >= 0.6 is 11.8 Å². The smallest absolute Gasteiger partial charge is 0.303 e. The molecule has 3 rings (SSSR count). The minimum absolute atomic E-state index is 0.290. The molecule has 0 bridgehead atoms. The number of thioether (sulfide) groups is 1. The van der Waals surface area contributed by atoms with Gasteiger partial charge in [0.15, 0.2) is 14.4 Å². The number of carbonyl (C=O) groups is 1. The Bertz CT molecular complexity index is 1020. The Hall–Kier alpha value is -2.14. The van der Waals surface area contributed by atoms with Crippen LogP contribution in [-0.4, -0.2) is 64.5 Å². The van der Waals surface area contributed by atoms with Crippen LogP contribution in [0.5, 0.6) is 5.75 Å². The summed E-state index contributed by atoms with van der Waals surface area (Å²) in [5, 5.41) is 0. The fourth-order valence-electron chi connectivity index (χ4n) is 4.88. The SMILES string of the molecule is C=CCO[C@@H]1[C@@H](OC(C)=O)[C@H](Sc2ccc(OC)cc2)O[C@H](COCc2ccccc2)[C@H]1O[Si](CC)(CC)CC. The molecule has 220 valence electrons. The topological polar surface area (TPSA) is 72.5 Å². The van der Waals surface area contributed by atoms with Gasteiger partial charge in [0.2, 0.25) is 0 Å². The van der Waals surface area contributed by atoms with Crippen molar-refractivity contribution < 1.29 is 32.9 Å². The van der Waals surface area contributed by atoms with Crippen LogP contribution in [0, 0.1) is 0 Å². The zero-order valence-electron chi connectivity index (χ0n) is 24.4. The summed E-state index contributed by atoms with van der Waals surface area (Å²) in [6, 6.07) is 20.7. The minimum atomic E-state index is -2.11. The van der Waals surface area contributed by atoms with Crippen LogP contribution in [0.15, 0.2) is 72.1 Å². The van der Waals surface area contributed by atoms with Crippen molar-refractivity contribution in [3.8, 4) is 5.75 Å². The molecule has 1 fully saturated rings. The average molecular weight is 589 g/mol.